The molecule has 0 saturated carbocycles. The molecule has 0 saturated heterocycles. The Balaban J connectivity index is 1.78. The van der Waals surface area contributed by atoms with Crippen molar-refractivity contribution < 1.29 is 32.6 Å². The van der Waals surface area contributed by atoms with E-state index in [4.69, 9.17) is 4.74 Å². The predicted octanol–water partition coefficient (Wildman–Crippen LogP) is 4.97. The molecular formula is C23H23F3N2O4. The molecule has 0 aliphatic carbocycles. The highest BCUT2D eigenvalue weighted by Gasteiger charge is 2.30. The second kappa shape index (κ2) is 9.44. The van der Waals surface area contributed by atoms with Crippen molar-refractivity contribution in [3.8, 4) is 0 Å². The molecule has 2 aromatic carbocycles. The first-order valence-electron chi connectivity index (χ1n) is 10.0. The average molecular weight is 448 g/mol. The Labute approximate surface area is 182 Å². The zero-order valence-electron chi connectivity index (χ0n) is 17.6. The Bertz CT molecular complexity index is 1140. The summed E-state index contributed by atoms with van der Waals surface area (Å²) in [6.45, 7) is 3.45. The Morgan fingerprint density at radius 1 is 1.16 bits per heavy atom. The number of carbonyl (C=O) groups is 2. The summed E-state index contributed by atoms with van der Waals surface area (Å²) in [7, 11) is 0. The summed E-state index contributed by atoms with van der Waals surface area (Å²) in [6.07, 6.45) is -5.75. The first-order chi connectivity index (χ1) is 15.1. The molecule has 9 heteroatoms. The molecule has 1 aromatic heterocycles. The van der Waals surface area contributed by atoms with E-state index < -0.39 is 30.0 Å². The lowest BCUT2D eigenvalue weighted by Gasteiger charge is -2.17. The van der Waals surface area contributed by atoms with Gasteiger partial charge in [-0.25, -0.2) is 9.36 Å². The molecule has 3 aromatic rings. The number of nitrogens with zero attached hydrogens (tertiary/aromatic N) is 1. The fourth-order valence-electron chi connectivity index (χ4n) is 3.65. The van der Waals surface area contributed by atoms with E-state index in [0.717, 1.165) is 12.1 Å². The van der Waals surface area contributed by atoms with Crippen LogP contribution in [0.15, 0.2) is 48.5 Å². The van der Waals surface area contributed by atoms with E-state index in [1.54, 1.807) is 37.3 Å². The van der Waals surface area contributed by atoms with Crippen molar-refractivity contribution in [3.63, 3.8) is 0 Å². The Morgan fingerprint density at radius 2 is 1.88 bits per heavy atom. The summed E-state index contributed by atoms with van der Waals surface area (Å²) >= 11 is 0. The van der Waals surface area contributed by atoms with E-state index in [0.29, 0.717) is 34.1 Å². The number of carbonyl (C=O) groups excluding carboxylic acids is 1. The van der Waals surface area contributed by atoms with Gasteiger partial charge in [0.1, 0.15) is 0 Å². The molecule has 0 aliphatic heterocycles. The minimum absolute atomic E-state index is 0.0652. The van der Waals surface area contributed by atoms with Gasteiger partial charge in [-0.2, -0.15) is 13.2 Å². The van der Waals surface area contributed by atoms with Crippen molar-refractivity contribution in [1.82, 2.24) is 9.88 Å². The lowest BCUT2D eigenvalue weighted by Crippen LogP contribution is -2.32. The second-order valence-corrected chi connectivity index (χ2v) is 7.31. The van der Waals surface area contributed by atoms with Crippen molar-refractivity contribution in [2.75, 3.05) is 0 Å². The van der Waals surface area contributed by atoms with Gasteiger partial charge in [0.25, 0.3) is 0 Å². The summed E-state index contributed by atoms with van der Waals surface area (Å²) in [5, 5.41) is 12.8. The van der Waals surface area contributed by atoms with Crippen molar-refractivity contribution in [1.29, 1.82) is 0 Å². The molecule has 0 radical (unpaired) electrons. The molecule has 0 amide bonds. The Kier molecular flexibility index (Phi) is 6.88. The van der Waals surface area contributed by atoms with Crippen molar-refractivity contribution in [3.05, 3.63) is 70.9 Å². The molecule has 2 N–H and O–H groups in total. The number of carboxylic acids is 1. The van der Waals surface area contributed by atoms with E-state index in [1.165, 1.54) is 10.6 Å². The minimum Gasteiger partial charge on any atom is -0.481 e. The van der Waals surface area contributed by atoms with Gasteiger partial charge in [-0.1, -0.05) is 43.3 Å². The van der Waals surface area contributed by atoms with Gasteiger partial charge in [0, 0.05) is 17.6 Å². The third kappa shape index (κ3) is 5.11. The van der Waals surface area contributed by atoms with E-state index in [1.807, 2.05) is 6.92 Å². The number of benzene rings is 2. The topological polar surface area (TPSA) is 80.6 Å². The number of aromatic nitrogens is 1. The molecule has 0 bridgehead atoms. The molecule has 0 fully saturated rings. The van der Waals surface area contributed by atoms with E-state index in [2.05, 4.69) is 5.32 Å². The molecule has 3 rings (SSSR count). The number of fused-ring (bicyclic) bond motifs is 1. The SMILES string of the molecule is CCc1c(CC(=O)O)c2ccccc2n1C(=O)OC(C)NCc1cccc(C(F)(F)F)c1. The molecule has 1 atom stereocenters. The molecule has 1 heterocycles. The van der Waals surface area contributed by atoms with Crippen LogP contribution < -0.4 is 5.32 Å². The number of aliphatic carboxylic acids is 1. The lowest BCUT2D eigenvalue weighted by molar-refractivity contribution is -0.138. The van der Waals surface area contributed by atoms with Crippen LogP contribution in [-0.4, -0.2) is 28.0 Å². The number of hydrogen-bond acceptors (Lipinski definition) is 4. The minimum atomic E-state index is -4.44. The molecule has 6 nitrogen and oxygen atoms in total. The number of rotatable bonds is 7. The average Bonchev–Trinajstić information content (AvgIpc) is 3.05. The Morgan fingerprint density at radius 3 is 2.53 bits per heavy atom. The number of alkyl halides is 3. The van der Waals surface area contributed by atoms with Crippen LogP contribution in [0.5, 0.6) is 0 Å². The predicted molar refractivity (Wildman–Crippen MR) is 112 cm³/mol. The van der Waals surface area contributed by atoms with Crippen LogP contribution in [0.1, 0.15) is 36.2 Å². The van der Waals surface area contributed by atoms with Gasteiger partial charge in [0.2, 0.25) is 0 Å². The van der Waals surface area contributed by atoms with Gasteiger partial charge in [-0.05, 0) is 36.6 Å². The fraction of sp³-hybridized carbons (Fsp3) is 0.304. The molecule has 1 unspecified atom stereocenters. The summed E-state index contributed by atoms with van der Waals surface area (Å²) < 4.78 is 45.5. The third-order valence-electron chi connectivity index (χ3n) is 5.06. The number of hydrogen-bond donors (Lipinski definition) is 2. The third-order valence-corrected chi connectivity index (χ3v) is 5.06. The molecule has 170 valence electrons. The van der Waals surface area contributed by atoms with Gasteiger partial charge >= 0.3 is 18.2 Å². The standard InChI is InChI=1S/C23H23F3N2O4/c1-3-19-18(12-21(29)30)17-9-4-5-10-20(17)28(19)22(31)32-14(2)27-13-15-7-6-8-16(11-15)23(24,25)26/h4-11,14,27H,3,12-13H2,1-2H3,(H,29,30). The first-order valence-corrected chi connectivity index (χ1v) is 10.0. The molecule has 0 spiro atoms. The van der Waals surface area contributed by atoms with Crippen molar-refractivity contribution >= 4 is 23.0 Å². The quantitative estimate of drug-likeness (QED) is 0.499. The van der Waals surface area contributed by atoms with Gasteiger partial charge in [0.15, 0.2) is 6.23 Å². The van der Waals surface area contributed by atoms with E-state index in [9.17, 15) is 27.9 Å². The molecular weight excluding hydrogens is 425 g/mol. The van der Waals surface area contributed by atoms with Crippen LogP contribution >= 0.6 is 0 Å². The maximum absolute atomic E-state index is 12.9. The van der Waals surface area contributed by atoms with Gasteiger partial charge < -0.3 is 9.84 Å². The van der Waals surface area contributed by atoms with Crippen LogP contribution in [0.2, 0.25) is 0 Å². The Hall–Kier alpha value is -3.33. The zero-order valence-corrected chi connectivity index (χ0v) is 17.6. The van der Waals surface area contributed by atoms with Crippen LogP contribution in [0.3, 0.4) is 0 Å². The van der Waals surface area contributed by atoms with Crippen molar-refractivity contribution in [2.45, 2.75) is 45.6 Å². The van der Waals surface area contributed by atoms with Crippen LogP contribution in [0.25, 0.3) is 10.9 Å². The zero-order chi connectivity index (χ0) is 23.5. The first kappa shape index (κ1) is 23.3. The monoisotopic (exact) mass is 448 g/mol. The fourth-order valence-corrected chi connectivity index (χ4v) is 3.65. The van der Waals surface area contributed by atoms with Gasteiger partial charge in [-0.3, -0.25) is 10.1 Å². The number of carboxylic acid groups (broad SMARTS) is 1. The van der Waals surface area contributed by atoms with E-state index in [-0.39, 0.29) is 13.0 Å². The van der Waals surface area contributed by atoms with Crippen LogP contribution in [0, 0.1) is 0 Å². The molecule has 32 heavy (non-hydrogen) atoms. The van der Waals surface area contributed by atoms with Gasteiger partial charge in [-0.15, -0.1) is 0 Å². The number of nitrogens with one attached hydrogen (secondary N) is 1. The smallest absolute Gasteiger partial charge is 0.420 e. The van der Waals surface area contributed by atoms with Crippen molar-refractivity contribution in [2.24, 2.45) is 0 Å². The highest BCUT2D eigenvalue weighted by atomic mass is 19.4. The summed E-state index contributed by atoms with van der Waals surface area (Å²) in [6, 6.07) is 11.9. The summed E-state index contributed by atoms with van der Waals surface area (Å²) in [5.41, 5.74) is 1.28. The maximum atomic E-state index is 12.9. The second-order valence-electron chi connectivity index (χ2n) is 7.31. The summed E-state index contributed by atoms with van der Waals surface area (Å²) in [4.78, 5) is 24.3. The van der Waals surface area contributed by atoms with E-state index >= 15 is 0 Å². The highest BCUT2D eigenvalue weighted by molar-refractivity contribution is 5.95. The number of halogens is 3. The summed E-state index contributed by atoms with van der Waals surface area (Å²) in [5.74, 6) is -1.01. The normalized spacial score (nSPS) is 12.7. The lowest BCUT2D eigenvalue weighted by atomic mass is 10.1. The molecule has 0 aliphatic rings. The maximum Gasteiger partial charge on any atom is 0.420 e. The highest BCUT2D eigenvalue weighted by Crippen LogP contribution is 2.30. The largest absolute Gasteiger partial charge is 0.481 e. The van der Waals surface area contributed by atoms with Crippen LogP contribution in [-0.2, 0) is 35.1 Å². The number of para-hydroxylation sites is 1. The number of ether oxygens (including phenoxy) is 1. The van der Waals surface area contributed by atoms with Crippen LogP contribution in [0.4, 0.5) is 18.0 Å². The van der Waals surface area contributed by atoms with Gasteiger partial charge in [0.05, 0.1) is 17.5 Å².